The van der Waals surface area contributed by atoms with Crippen LogP contribution in [-0.2, 0) is 6.54 Å². The van der Waals surface area contributed by atoms with Crippen LogP contribution in [-0.4, -0.2) is 27.7 Å². The molecule has 3 aromatic rings. The molecular weight excluding hydrogens is 306 g/mol. The normalized spacial score (nSPS) is 15.9. The number of pyridine rings is 1. The first-order chi connectivity index (χ1) is 11.7. The fourth-order valence-electron chi connectivity index (χ4n) is 3.43. The van der Waals surface area contributed by atoms with E-state index in [-0.39, 0.29) is 5.88 Å². The Labute approximate surface area is 139 Å². The molecule has 1 aromatic carbocycles. The number of nitrogens with zero attached hydrogens (tertiary/aromatic N) is 3. The molecule has 4 rings (SSSR count). The molecule has 6 nitrogen and oxygen atoms in total. The standard InChI is InChI=1S/C18H19N3O3/c22-16-12-24-18(23)21(16)11-13-6-9-20(10-7-13)17-15-4-2-1-3-14(15)5-8-19-17/h1-5,8,12-13,22H,6-7,9-11H2. The third-order valence-corrected chi connectivity index (χ3v) is 4.77. The summed E-state index contributed by atoms with van der Waals surface area (Å²) < 4.78 is 6.01. The van der Waals surface area contributed by atoms with Crippen LogP contribution in [0.3, 0.4) is 0 Å². The van der Waals surface area contributed by atoms with Crippen LogP contribution < -0.4 is 10.7 Å². The lowest BCUT2D eigenvalue weighted by atomic mass is 9.96. The summed E-state index contributed by atoms with van der Waals surface area (Å²) in [7, 11) is 0. The Morgan fingerprint density at radius 3 is 2.75 bits per heavy atom. The quantitative estimate of drug-likeness (QED) is 0.801. The van der Waals surface area contributed by atoms with Crippen LogP contribution in [0.15, 0.2) is 52.0 Å². The topological polar surface area (TPSA) is 71.5 Å². The van der Waals surface area contributed by atoms with Gasteiger partial charge in [0.15, 0.2) is 6.26 Å². The minimum Gasteiger partial charge on any atom is -0.492 e. The van der Waals surface area contributed by atoms with E-state index in [0.29, 0.717) is 12.5 Å². The van der Waals surface area contributed by atoms with Crippen LogP contribution in [0, 0.1) is 5.92 Å². The van der Waals surface area contributed by atoms with Crippen molar-refractivity contribution in [1.29, 1.82) is 0 Å². The highest BCUT2D eigenvalue weighted by atomic mass is 16.4. The fraction of sp³-hybridized carbons (Fsp3) is 0.333. The van der Waals surface area contributed by atoms with Gasteiger partial charge in [-0.1, -0.05) is 24.3 Å². The number of piperidine rings is 1. The van der Waals surface area contributed by atoms with E-state index in [2.05, 4.69) is 22.0 Å². The minimum absolute atomic E-state index is 0.0989. The van der Waals surface area contributed by atoms with Crippen molar-refractivity contribution in [2.75, 3.05) is 18.0 Å². The number of aromatic nitrogens is 2. The average molecular weight is 325 g/mol. The van der Waals surface area contributed by atoms with Gasteiger partial charge in [0.2, 0.25) is 5.88 Å². The molecule has 0 unspecified atom stereocenters. The number of hydrogen-bond acceptors (Lipinski definition) is 5. The first-order valence-electron chi connectivity index (χ1n) is 8.18. The van der Waals surface area contributed by atoms with E-state index < -0.39 is 5.76 Å². The van der Waals surface area contributed by atoms with Gasteiger partial charge in [0, 0.05) is 31.2 Å². The van der Waals surface area contributed by atoms with Crippen molar-refractivity contribution in [2.24, 2.45) is 5.92 Å². The Bertz CT molecular complexity index is 902. The molecule has 0 radical (unpaired) electrons. The van der Waals surface area contributed by atoms with Crippen molar-refractivity contribution >= 4 is 16.6 Å². The van der Waals surface area contributed by atoms with Crippen molar-refractivity contribution in [3.8, 4) is 5.88 Å². The zero-order chi connectivity index (χ0) is 16.5. The van der Waals surface area contributed by atoms with Gasteiger partial charge in [0.1, 0.15) is 5.82 Å². The first-order valence-corrected chi connectivity index (χ1v) is 8.18. The minimum atomic E-state index is -0.495. The molecule has 3 heterocycles. The summed E-state index contributed by atoms with van der Waals surface area (Å²) in [6.07, 6.45) is 4.84. The van der Waals surface area contributed by atoms with Gasteiger partial charge in [0.05, 0.1) is 0 Å². The Morgan fingerprint density at radius 1 is 1.21 bits per heavy atom. The number of anilines is 1. The van der Waals surface area contributed by atoms with Crippen LogP contribution in [0.1, 0.15) is 12.8 Å². The summed E-state index contributed by atoms with van der Waals surface area (Å²) in [5.41, 5.74) is 0. The van der Waals surface area contributed by atoms with Crippen LogP contribution in [0.25, 0.3) is 10.8 Å². The highest BCUT2D eigenvalue weighted by molar-refractivity contribution is 5.92. The second-order valence-corrected chi connectivity index (χ2v) is 6.26. The molecule has 6 heteroatoms. The Morgan fingerprint density at radius 2 is 2.00 bits per heavy atom. The molecule has 0 saturated carbocycles. The van der Waals surface area contributed by atoms with E-state index in [1.54, 1.807) is 0 Å². The molecule has 1 aliphatic rings. The van der Waals surface area contributed by atoms with Gasteiger partial charge in [0.25, 0.3) is 0 Å². The summed E-state index contributed by atoms with van der Waals surface area (Å²) in [4.78, 5) is 18.4. The molecule has 0 aliphatic carbocycles. The zero-order valence-corrected chi connectivity index (χ0v) is 13.3. The molecule has 0 spiro atoms. The molecule has 2 aromatic heterocycles. The molecule has 0 bridgehead atoms. The van der Waals surface area contributed by atoms with Crippen molar-refractivity contribution in [3.63, 3.8) is 0 Å². The lowest BCUT2D eigenvalue weighted by molar-refractivity contribution is 0.319. The number of aromatic hydroxyl groups is 1. The molecule has 0 atom stereocenters. The largest absolute Gasteiger partial charge is 0.492 e. The molecule has 1 fully saturated rings. The molecule has 1 N–H and O–H groups in total. The lowest BCUT2D eigenvalue weighted by Crippen LogP contribution is -2.36. The molecule has 124 valence electrons. The molecule has 1 saturated heterocycles. The van der Waals surface area contributed by atoms with Gasteiger partial charge in [-0.05, 0) is 30.2 Å². The van der Waals surface area contributed by atoms with E-state index in [9.17, 15) is 9.90 Å². The first kappa shape index (κ1) is 14.8. The zero-order valence-electron chi connectivity index (χ0n) is 13.3. The smallest absolute Gasteiger partial charge is 0.421 e. The van der Waals surface area contributed by atoms with Crippen LogP contribution in [0.5, 0.6) is 5.88 Å². The van der Waals surface area contributed by atoms with Crippen molar-refractivity contribution in [2.45, 2.75) is 19.4 Å². The molecule has 0 amide bonds. The predicted octanol–water partition coefficient (Wildman–Crippen LogP) is 2.61. The van der Waals surface area contributed by atoms with Gasteiger partial charge < -0.3 is 14.4 Å². The van der Waals surface area contributed by atoms with Gasteiger partial charge in [-0.3, -0.25) is 0 Å². The van der Waals surface area contributed by atoms with Gasteiger partial charge in [-0.25, -0.2) is 14.3 Å². The SMILES string of the molecule is O=c1occ(O)n1CC1CCN(c2nccc3ccccc23)CC1. The Balaban J connectivity index is 1.49. The van der Waals surface area contributed by atoms with Gasteiger partial charge >= 0.3 is 5.76 Å². The summed E-state index contributed by atoms with van der Waals surface area (Å²) in [5.74, 6) is 0.774. The maximum absolute atomic E-state index is 11.6. The third-order valence-electron chi connectivity index (χ3n) is 4.77. The number of rotatable bonds is 3. The second kappa shape index (κ2) is 6.03. The van der Waals surface area contributed by atoms with E-state index in [1.807, 2.05) is 24.4 Å². The number of benzene rings is 1. The summed E-state index contributed by atoms with van der Waals surface area (Å²) in [6, 6.07) is 10.3. The molecular formula is C18H19N3O3. The second-order valence-electron chi connectivity index (χ2n) is 6.26. The molecule has 1 aliphatic heterocycles. The van der Waals surface area contributed by atoms with Gasteiger partial charge in [-0.15, -0.1) is 0 Å². The van der Waals surface area contributed by atoms with Crippen molar-refractivity contribution in [3.05, 3.63) is 53.3 Å². The van der Waals surface area contributed by atoms with Crippen molar-refractivity contribution < 1.29 is 9.52 Å². The highest BCUT2D eigenvalue weighted by Gasteiger charge is 2.23. The Kier molecular flexibility index (Phi) is 3.72. The van der Waals surface area contributed by atoms with E-state index in [0.717, 1.165) is 38.0 Å². The summed E-state index contributed by atoms with van der Waals surface area (Å²) >= 11 is 0. The monoisotopic (exact) mass is 325 g/mol. The highest BCUT2D eigenvalue weighted by Crippen LogP contribution is 2.29. The van der Waals surface area contributed by atoms with Crippen molar-refractivity contribution in [1.82, 2.24) is 9.55 Å². The third kappa shape index (κ3) is 2.64. The maximum atomic E-state index is 11.6. The number of oxazole rings is 1. The lowest BCUT2D eigenvalue weighted by Gasteiger charge is -2.33. The van der Waals surface area contributed by atoms with Crippen LogP contribution in [0.2, 0.25) is 0 Å². The fourth-order valence-corrected chi connectivity index (χ4v) is 3.43. The number of hydrogen-bond donors (Lipinski definition) is 1. The maximum Gasteiger partial charge on any atom is 0.421 e. The predicted molar refractivity (Wildman–Crippen MR) is 91.3 cm³/mol. The van der Waals surface area contributed by atoms with E-state index in [1.165, 1.54) is 15.3 Å². The Hall–Kier alpha value is -2.76. The molecule has 24 heavy (non-hydrogen) atoms. The van der Waals surface area contributed by atoms with E-state index in [4.69, 9.17) is 4.42 Å². The van der Waals surface area contributed by atoms with Crippen LogP contribution in [0.4, 0.5) is 5.82 Å². The number of fused-ring (bicyclic) bond motifs is 1. The summed E-state index contributed by atoms with van der Waals surface area (Å²) in [6.45, 7) is 2.27. The van der Waals surface area contributed by atoms with Gasteiger partial charge in [-0.2, -0.15) is 0 Å². The average Bonchev–Trinajstić information content (AvgIpc) is 2.94. The van der Waals surface area contributed by atoms with Crippen LogP contribution >= 0.6 is 0 Å². The van der Waals surface area contributed by atoms with E-state index >= 15 is 0 Å². The summed E-state index contributed by atoms with van der Waals surface area (Å²) in [5, 5.41) is 12.0.